The van der Waals surface area contributed by atoms with Crippen molar-refractivity contribution < 1.29 is 18.7 Å². The normalized spacial score (nSPS) is 21.8. The summed E-state index contributed by atoms with van der Waals surface area (Å²) in [5.41, 5.74) is 0.0687. The van der Waals surface area contributed by atoms with Gasteiger partial charge in [0.25, 0.3) is 5.91 Å². The topological polar surface area (TPSA) is 51.7 Å². The molecule has 102 valence electrons. The number of ether oxygens (including phenoxy) is 2. The minimum Gasteiger partial charge on any atom is -0.347 e. The van der Waals surface area contributed by atoms with Gasteiger partial charge in [-0.1, -0.05) is 0 Å². The van der Waals surface area contributed by atoms with Crippen LogP contribution in [0.4, 0.5) is 4.39 Å². The van der Waals surface area contributed by atoms with Crippen LogP contribution in [0.15, 0.2) is 18.5 Å². The summed E-state index contributed by atoms with van der Waals surface area (Å²) in [6.45, 7) is 2.24. The SMILES string of the molecule is O=C(c1ccncc1F)N1CCC2(CC1)OCCO2. The van der Waals surface area contributed by atoms with Gasteiger partial charge < -0.3 is 14.4 Å². The molecule has 0 atom stereocenters. The number of piperidine rings is 1. The lowest BCUT2D eigenvalue weighted by Gasteiger charge is -2.37. The van der Waals surface area contributed by atoms with Crippen molar-refractivity contribution in [2.75, 3.05) is 26.3 Å². The summed E-state index contributed by atoms with van der Waals surface area (Å²) in [6, 6.07) is 1.41. The molecular formula is C13H15FN2O3. The molecule has 3 rings (SSSR count). The minimum atomic E-state index is -0.582. The lowest BCUT2D eigenvalue weighted by molar-refractivity contribution is -0.181. The zero-order valence-electron chi connectivity index (χ0n) is 10.5. The molecule has 0 unspecified atom stereocenters. The highest BCUT2D eigenvalue weighted by molar-refractivity contribution is 5.94. The summed E-state index contributed by atoms with van der Waals surface area (Å²) in [5, 5.41) is 0. The molecular weight excluding hydrogens is 251 g/mol. The second-order valence-electron chi connectivity index (χ2n) is 4.76. The van der Waals surface area contributed by atoms with E-state index in [1.807, 2.05) is 0 Å². The van der Waals surface area contributed by atoms with Crippen molar-refractivity contribution in [2.24, 2.45) is 0 Å². The third kappa shape index (κ3) is 2.33. The average molecular weight is 266 g/mol. The van der Waals surface area contributed by atoms with E-state index in [1.165, 1.54) is 12.3 Å². The van der Waals surface area contributed by atoms with E-state index in [9.17, 15) is 9.18 Å². The Kier molecular flexibility index (Phi) is 3.20. The Bertz CT molecular complexity index is 479. The van der Waals surface area contributed by atoms with E-state index in [2.05, 4.69) is 4.98 Å². The predicted molar refractivity (Wildman–Crippen MR) is 64.0 cm³/mol. The number of likely N-dealkylation sites (tertiary alicyclic amines) is 1. The van der Waals surface area contributed by atoms with Gasteiger partial charge in [0.15, 0.2) is 11.6 Å². The molecule has 0 aliphatic carbocycles. The fourth-order valence-electron chi connectivity index (χ4n) is 2.56. The van der Waals surface area contributed by atoms with E-state index in [0.29, 0.717) is 39.1 Å². The van der Waals surface area contributed by atoms with Crippen molar-refractivity contribution in [3.63, 3.8) is 0 Å². The average Bonchev–Trinajstić information content (AvgIpc) is 2.88. The highest BCUT2D eigenvalue weighted by atomic mass is 19.1. The molecule has 1 amide bonds. The molecule has 2 saturated heterocycles. The maximum Gasteiger partial charge on any atom is 0.256 e. The second-order valence-corrected chi connectivity index (χ2v) is 4.76. The molecule has 0 N–H and O–H groups in total. The maximum atomic E-state index is 13.5. The van der Waals surface area contributed by atoms with Gasteiger partial charge in [-0.3, -0.25) is 9.78 Å². The zero-order valence-corrected chi connectivity index (χ0v) is 10.5. The zero-order chi connectivity index (χ0) is 13.3. The molecule has 1 aromatic heterocycles. The molecule has 1 aromatic rings. The van der Waals surface area contributed by atoms with Gasteiger partial charge in [0.05, 0.1) is 25.0 Å². The van der Waals surface area contributed by atoms with Crippen LogP contribution < -0.4 is 0 Å². The van der Waals surface area contributed by atoms with Gasteiger partial charge in [0, 0.05) is 32.1 Å². The smallest absolute Gasteiger partial charge is 0.256 e. The molecule has 2 fully saturated rings. The van der Waals surface area contributed by atoms with Crippen LogP contribution >= 0.6 is 0 Å². The molecule has 3 heterocycles. The minimum absolute atomic E-state index is 0.0687. The molecule has 19 heavy (non-hydrogen) atoms. The summed E-state index contributed by atoms with van der Waals surface area (Å²) in [7, 11) is 0. The number of hydrogen-bond donors (Lipinski definition) is 0. The number of halogens is 1. The van der Waals surface area contributed by atoms with Crippen molar-refractivity contribution in [3.8, 4) is 0 Å². The quantitative estimate of drug-likeness (QED) is 0.766. The van der Waals surface area contributed by atoms with Crippen molar-refractivity contribution >= 4 is 5.91 Å². The van der Waals surface area contributed by atoms with Gasteiger partial charge in [-0.25, -0.2) is 4.39 Å². The molecule has 2 aliphatic rings. The number of carbonyl (C=O) groups excluding carboxylic acids is 1. The van der Waals surface area contributed by atoms with Crippen LogP contribution in [0.5, 0.6) is 0 Å². The molecule has 0 aromatic carbocycles. The lowest BCUT2D eigenvalue weighted by Crippen LogP contribution is -2.47. The van der Waals surface area contributed by atoms with E-state index in [0.717, 1.165) is 6.20 Å². The monoisotopic (exact) mass is 266 g/mol. The summed E-state index contributed by atoms with van der Waals surface area (Å²) >= 11 is 0. The van der Waals surface area contributed by atoms with E-state index in [-0.39, 0.29) is 11.5 Å². The Balaban J connectivity index is 1.68. The molecule has 5 nitrogen and oxygen atoms in total. The number of nitrogens with zero attached hydrogens (tertiary/aromatic N) is 2. The molecule has 2 aliphatic heterocycles. The van der Waals surface area contributed by atoms with Gasteiger partial charge in [-0.05, 0) is 6.07 Å². The first-order valence-corrected chi connectivity index (χ1v) is 6.37. The van der Waals surface area contributed by atoms with Gasteiger partial charge >= 0.3 is 0 Å². The van der Waals surface area contributed by atoms with Crippen LogP contribution in [0.2, 0.25) is 0 Å². The van der Waals surface area contributed by atoms with Gasteiger partial charge in [0.2, 0.25) is 0 Å². The first-order chi connectivity index (χ1) is 9.20. The third-order valence-electron chi connectivity index (χ3n) is 3.63. The fourth-order valence-corrected chi connectivity index (χ4v) is 2.56. The van der Waals surface area contributed by atoms with Crippen molar-refractivity contribution in [1.82, 2.24) is 9.88 Å². The Hall–Kier alpha value is -1.53. The maximum absolute atomic E-state index is 13.5. The van der Waals surface area contributed by atoms with Crippen LogP contribution in [0.1, 0.15) is 23.2 Å². The van der Waals surface area contributed by atoms with Gasteiger partial charge in [-0.15, -0.1) is 0 Å². The van der Waals surface area contributed by atoms with E-state index >= 15 is 0 Å². The number of pyridine rings is 1. The van der Waals surface area contributed by atoms with Crippen LogP contribution in [0, 0.1) is 5.82 Å². The Morgan fingerprint density at radius 2 is 2.00 bits per heavy atom. The Morgan fingerprint density at radius 1 is 1.32 bits per heavy atom. The number of carbonyl (C=O) groups is 1. The summed E-state index contributed by atoms with van der Waals surface area (Å²) in [5.74, 6) is -1.40. The highest BCUT2D eigenvalue weighted by Gasteiger charge is 2.41. The molecule has 0 bridgehead atoms. The lowest BCUT2D eigenvalue weighted by atomic mass is 10.0. The summed E-state index contributed by atoms with van der Waals surface area (Å²) in [6.07, 6.45) is 3.74. The Morgan fingerprint density at radius 3 is 2.63 bits per heavy atom. The van der Waals surface area contributed by atoms with E-state index < -0.39 is 11.6 Å². The predicted octanol–water partition coefficient (Wildman–Crippen LogP) is 1.20. The summed E-state index contributed by atoms with van der Waals surface area (Å²) < 4.78 is 24.7. The first kappa shape index (κ1) is 12.5. The first-order valence-electron chi connectivity index (χ1n) is 6.37. The van der Waals surface area contributed by atoms with Gasteiger partial charge in [-0.2, -0.15) is 0 Å². The Labute approximate surface area is 110 Å². The molecule has 0 radical (unpaired) electrons. The van der Waals surface area contributed by atoms with Crippen LogP contribution in [-0.2, 0) is 9.47 Å². The third-order valence-corrected chi connectivity index (χ3v) is 3.63. The molecule has 0 saturated carbocycles. The second kappa shape index (κ2) is 4.86. The van der Waals surface area contributed by atoms with Crippen molar-refractivity contribution in [3.05, 3.63) is 29.8 Å². The van der Waals surface area contributed by atoms with Crippen LogP contribution in [0.25, 0.3) is 0 Å². The van der Waals surface area contributed by atoms with E-state index in [1.54, 1.807) is 4.90 Å². The number of hydrogen-bond acceptors (Lipinski definition) is 4. The standard InChI is InChI=1S/C13H15FN2O3/c14-11-9-15-4-1-10(11)12(17)16-5-2-13(3-6-16)18-7-8-19-13/h1,4,9H,2-3,5-8H2. The van der Waals surface area contributed by atoms with E-state index in [4.69, 9.17) is 9.47 Å². The number of rotatable bonds is 1. The summed E-state index contributed by atoms with van der Waals surface area (Å²) in [4.78, 5) is 17.5. The van der Waals surface area contributed by atoms with Crippen LogP contribution in [0.3, 0.4) is 0 Å². The van der Waals surface area contributed by atoms with Crippen LogP contribution in [-0.4, -0.2) is 47.9 Å². The largest absolute Gasteiger partial charge is 0.347 e. The fraction of sp³-hybridized carbons (Fsp3) is 0.538. The van der Waals surface area contributed by atoms with Gasteiger partial charge in [0.1, 0.15) is 0 Å². The highest BCUT2D eigenvalue weighted by Crippen LogP contribution is 2.31. The van der Waals surface area contributed by atoms with Crippen molar-refractivity contribution in [1.29, 1.82) is 0 Å². The van der Waals surface area contributed by atoms with Crippen molar-refractivity contribution in [2.45, 2.75) is 18.6 Å². The number of amides is 1. The molecule has 6 heteroatoms. The molecule has 1 spiro atoms. The number of aromatic nitrogens is 1.